The molecular formula is C31H40N2O8S. The molecule has 11 heteroatoms. The summed E-state index contributed by atoms with van der Waals surface area (Å²) in [5.74, 6) is 1.50. The van der Waals surface area contributed by atoms with E-state index in [0.29, 0.717) is 5.17 Å². The summed E-state index contributed by atoms with van der Waals surface area (Å²) in [5.41, 5.74) is 1.38. The maximum Gasteiger partial charge on any atom is 0.413 e. The highest BCUT2D eigenvalue weighted by Gasteiger charge is 2.51. The first-order chi connectivity index (χ1) is 20.2. The minimum Gasteiger partial charge on any atom is -0.497 e. The van der Waals surface area contributed by atoms with Crippen molar-refractivity contribution < 1.29 is 38.3 Å². The van der Waals surface area contributed by atoms with E-state index in [1.165, 1.54) is 11.8 Å². The van der Waals surface area contributed by atoms with Crippen LogP contribution in [0, 0.1) is 5.41 Å². The highest BCUT2D eigenvalue weighted by Crippen LogP contribution is 2.39. The van der Waals surface area contributed by atoms with Gasteiger partial charge in [0.2, 0.25) is 0 Å². The maximum atomic E-state index is 12.4. The summed E-state index contributed by atoms with van der Waals surface area (Å²) in [6.07, 6.45) is 1.32. The molecule has 0 bridgehead atoms. The lowest BCUT2D eigenvalue weighted by Gasteiger charge is -2.42. The van der Waals surface area contributed by atoms with Gasteiger partial charge in [-0.25, -0.2) is 4.79 Å². The van der Waals surface area contributed by atoms with E-state index in [2.05, 4.69) is 26.1 Å². The fraction of sp³-hybridized carbons (Fsp3) is 0.484. The van der Waals surface area contributed by atoms with Crippen LogP contribution in [0.1, 0.15) is 31.9 Å². The molecule has 2 N–H and O–H groups in total. The lowest BCUT2D eigenvalue weighted by Crippen LogP contribution is -2.57. The van der Waals surface area contributed by atoms with Crippen molar-refractivity contribution in [3.05, 3.63) is 71.8 Å². The molecule has 1 saturated heterocycles. The van der Waals surface area contributed by atoms with Crippen molar-refractivity contribution in [1.29, 1.82) is 0 Å². The molecule has 1 amide bonds. The number of ether oxygens (including phenoxy) is 6. The number of fused-ring (bicyclic) bond motifs is 1. The van der Waals surface area contributed by atoms with Gasteiger partial charge in [0.05, 0.1) is 34.0 Å². The van der Waals surface area contributed by atoms with Gasteiger partial charge in [-0.15, -0.1) is 0 Å². The van der Waals surface area contributed by atoms with Gasteiger partial charge in [0, 0.05) is 0 Å². The Morgan fingerprint density at radius 2 is 1.55 bits per heavy atom. The fourth-order valence-electron chi connectivity index (χ4n) is 4.48. The zero-order chi connectivity index (χ0) is 30.1. The van der Waals surface area contributed by atoms with E-state index in [9.17, 15) is 9.90 Å². The van der Waals surface area contributed by atoms with Gasteiger partial charge in [0.1, 0.15) is 47.9 Å². The first-order valence-corrected chi connectivity index (χ1v) is 14.7. The van der Waals surface area contributed by atoms with E-state index < -0.39 is 35.9 Å². The molecular weight excluding hydrogens is 560 g/mol. The van der Waals surface area contributed by atoms with Gasteiger partial charge in [0.25, 0.3) is 0 Å². The monoisotopic (exact) mass is 600 g/mol. The van der Waals surface area contributed by atoms with Gasteiger partial charge in [0.15, 0.2) is 5.17 Å². The van der Waals surface area contributed by atoms with Gasteiger partial charge in [-0.05, 0) is 40.8 Å². The number of hydrogen-bond acceptors (Lipinski definition) is 10. The highest BCUT2D eigenvalue weighted by atomic mass is 32.2. The van der Waals surface area contributed by atoms with Crippen LogP contribution in [0.3, 0.4) is 0 Å². The van der Waals surface area contributed by atoms with E-state index in [1.807, 2.05) is 60.7 Å². The number of benzene rings is 2. The van der Waals surface area contributed by atoms with Gasteiger partial charge in [-0.2, -0.15) is 0 Å². The molecule has 228 valence electrons. The van der Waals surface area contributed by atoms with Crippen LogP contribution in [-0.2, 0) is 32.2 Å². The molecule has 2 aromatic carbocycles. The van der Waals surface area contributed by atoms with Crippen LogP contribution in [0.4, 0.5) is 4.79 Å². The molecule has 0 aromatic heterocycles. The molecule has 2 heterocycles. The molecule has 42 heavy (non-hydrogen) atoms. The number of nitrogens with zero attached hydrogens (tertiary/aromatic N) is 1. The molecule has 0 spiro atoms. The lowest BCUT2D eigenvalue weighted by atomic mass is 9.96. The smallest absolute Gasteiger partial charge is 0.413 e. The Kier molecular flexibility index (Phi) is 11.3. The number of methoxy groups -OCH3 is 2. The van der Waals surface area contributed by atoms with E-state index in [0.717, 1.165) is 22.6 Å². The summed E-state index contributed by atoms with van der Waals surface area (Å²) in [7, 11) is 3.23. The zero-order valence-corrected chi connectivity index (χ0v) is 25.5. The van der Waals surface area contributed by atoms with E-state index in [-0.39, 0.29) is 31.8 Å². The second kappa shape index (κ2) is 14.9. The van der Waals surface area contributed by atoms with Crippen molar-refractivity contribution >= 4 is 23.0 Å². The number of nitrogens with one attached hydrogen (secondary N) is 1. The molecule has 0 radical (unpaired) electrons. The van der Waals surface area contributed by atoms with Gasteiger partial charge in [-0.1, -0.05) is 69.0 Å². The Balaban J connectivity index is 1.48. The van der Waals surface area contributed by atoms with Gasteiger partial charge in [-0.3, -0.25) is 10.3 Å². The van der Waals surface area contributed by atoms with Crippen molar-refractivity contribution in [2.45, 2.75) is 63.8 Å². The summed E-state index contributed by atoms with van der Waals surface area (Å²) in [4.78, 5) is 17.2. The molecule has 2 aliphatic heterocycles. The number of aliphatic imine (C=N–C) groups is 1. The van der Waals surface area contributed by atoms with Crippen LogP contribution in [-0.4, -0.2) is 73.6 Å². The van der Waals surface area contributed by atoms with Crippen molar-refractivity contribution in [2.75, 3.05) is 27.4 Å². The van der Waals surface area contributed by atoms with E-state index in [1.54, 1.807) is 14.2 Å². The summed E-state index contributed by atoms with van der Waals surface area (Å²) in [6, 6.07) is 14.7. The number of allylic oxidation sites excluding steroid dienone is 1. The predicted molar refractivity (Wildman–Crippen MR) is 161 cm³/mol. The van der Waals surface area contributed by atoms with Gasteiger partial charge < -0.3 is 33.5 Å². The largest absolute Gasteiger partial charge is 0.497 e. The third-order valence-electron chi connectivity index (χ3n) is 6.63. The highest BCUT2D eigenvalue weighted by molar-refractivity contribution is 8.14. The van der Waals surface area contributed by atoms with Crippen LogP contribution >= 0.6 is 11.8 Å². The number of amides is 1. The fourth-order valence-corrected chi connectivity index (χ4v) is 5.58. The number of aliphatic hydroxyl groups excluding tert-OH is 1. The molecule has 0 aliphatic carbocycles. The standard InChI is InChI=1S/C31H40N2O8S/c1-31(2,3)15-6-16-38-30(35)33-29-32-25-27(40-19-21-9-13-23(37-5)14-10-21)26(24(17-34)41-28(25)42-29)39-18-20-7-11-22(36-4)12-8-20/h6-15,24-28,34H,16-19H2,1-5H3,(H,32,33,35)/t24-,25-,26-,27-,28-/m1/s1. The van der Waals surface area contributed by atoms with Crippen LogP contribution in [0.5, 0.6) is 11.5 Å². The van der Waals surface area contributed by atoms with Crippen molar-refractivity contribution in [2.24, 2.45) is 10.4 Å². The maximum absolute atomic E-state index is 12.4. The normalized spacial score (nSPS) is 23.8. The SMILES string of the molecule is COc1ccc(CO[C@@H]2[C@H]3N=C(NC(=O)OCC=CC(C)(C)C)S[C@H]3O[C@H](CO)[C@H]2OCc2ccc(OC)cc2)cc1. The summed E-state index contributed by atoms with van der Waals surface area (Å²) < 4.78 is 34.8. The minimum atomic E-state index is -0.665. The molecule has 0 saturated carbocycles. The van der Waals surface area contributed by atoms with E-state index in [4.69, 9.17) is 33.4 Å². The van der Waals surface area contributed by atoms with Crippen LogP contribution in [0.2, 0.25) is 0 Å². The molecule has 2 aromatic rings. The number of alkyl carbamates (subject to hydrolysis) is 1. The van der Waals surface area contributed by atoms with Crippen LogP contribution < -0.4 is 14.8 Å². The summed E-state index contributed by atoms with van der Waals surface area (Å²) in [5, 5.41) is 13.3. The van der Waals surface area contributed by atoms with Crippen LogP contribution in [0.25, 0.3) is 0 Å². The zero-order valence-electron chi connectivity index (χ0n) is 24.6. The lowest BCUT2D eigenvalue weighted by molar-refractivity contribution is -0.205. The Bertz CT molecular complexity index is 1210. The first kappa shape index (κ1) is 31.8. The second-order valence-electron chi connectivity index (χ2n) is 11.0. The topological polar surface area (TPSA) is 117 Å². The number of rotatable bonds is 11. The molecule has 5 atom stereocenters. The molecule has 0 unspecified atom stereocenters. The Morgan fingerprint density at radius 3 is 2.07 bits per heavy atom. The minimum absolute atomic E-state index is 0.00563. The Morgan fingerprint density at radius 1 is 0.976 bits per heavy atom. The van der Waals surface area contributed by atoms with Crippen molar-refractivity contribution in [3.8, 4) is 11.5 Å². The quantitative estimate of drug-likeness (QED) is 0.354. The predicted octanol–water partition coefficient (Wildman–Crippen LogP) is 4.69. The first-order valence-electron chi connectivity index (χ1n) is 13.8. The second-order valence-corrected chi connectivity index (χ2v) is 12.1. The average molecular weight is 601 g/mol. The summed E-state index contributed by atoms with van der Waals surface area (Å²) in [6.45, 7) is 6.62. The third-order valence-corrected chi connectivity index (χ3v) is 7.68. The summed E-state index contributed by atoms with van der Waals surface area (Å²) >= 11 is 1.26. The number of amidine groups is 1. The number of carbonyl (C=O) groups excluding carboxylic acids is 1. The van der Waals surface area contributed by atoms with E-state index >= 15 is 0 Å². The number of aliphatic hydroxyl groups is 1. The molecule has 4 rings (SSSR count). The molecule has 2 aliphatic rings. The van der Waals surface area contributed by atoms with Gasteiger partial charge >= 0.3 is 6.09 Å². The molecule has 1 fully saturated rings. The molecule has 10 nitrogen and oxygen atoms in total. The van der Waals surface area contributed by atoms with Crippen molar-refractivity contribution in [1.82, 2.24) is 5.32 Å². The number of carbonyl (C=O) groups is 1. The number of thioether (sulfide) groups is 1. The third kappa shape index (κ3) is 8.95. The Hall–Kier alpha value is -3.09. The average Bonchev–Trinajstić information content (AvgIpc) is 3.38. The van der Waals surface area contributed by atoms with Crippen LogP contribution in [0.15, 0.2) is 65.7 Å². The Labute approximate surface area is 251 Å². The van der Waals surface area contributed by atoms with Crippen molar-refractivity contribution in [3.63, 3.8) is 0 Å². The number of hydrogen-bond donors (Lipinski definition) is 2.